The summed E-state index contributed by atoms with van der Waals surface area (Å²) in [6.07, 6.45) is 3.71. The fourth-order valence-corrected chi connectivity index (χ4v) is 2.48. The Kier molecular flexibility index (Phi) is 3.89. The summed E-state index contributed by atoms with van der Waals surface area (Å²) in [5.41, 5.74) is 0. The van der Waals surface area contributed by atoms with Crippen LogP contribution in [0.4, 0.5) is 0 Å². The molecule has 0 unspecified atom stereocenters. The van der Waals surface area contributed by atoms with Crippen LogP contribution in [-0.4, -0.2) is 26.5 Å². The van der Waals surface area contributed by atoms with Crippen LogP contribution in [0.1, 0.15) is 18.9 Å². The SMILES string of the molecule is C[C@@H](NCCn1cccn1)c1nc(-c2cccs2)no1. The van der Waals surface area contributed by atoms with Gasteiger partial charge in [-0.1, -0.05) is 11.2 Å². The highest BCUT2D eigenvalue weighted by atomic mass is 32.1. The molecule has 3 aromatic heterocycles. The summed E-state index contributed by atoms with van der Waals surface area (Å²) in [5, 5.41) is 13.5. The number of hydrogen-bond donors (Lipinski definition) is 1. The number of rotatable bonds is 6. The summed E-state index contributed by atoms with van der Waals surface area (Å²) >= 11 is 1.60. The first-order valence-electron chi connectivity index (χ1n) is 6.41. The number of nitrogens with zero attached hydrogens (tertiary/aromatic N) is 4. The third kappa shape index (κ3) is 2.94. The Balaban J connectivity index is 1.56. The van der Waals surface area contributed by atoms with E-state index in [0.29, 0.717) is 11.7 Å². The molecule has 0 bridgehead atoms. The molecule has 0 aliphatic carbocycles. The molecule has 0 aliphatic heterocycles. The van der Waals surface area contributed by atoms with E-state index in [4.69, 9.17) is 4.52 Å². The van der Waals surface area contributed by atoms with Gasteiger partial charge < -0.3 is 9.84 Å². The molecule has 0 saturated heterocycles. The molecule has 1 atom stereocenters. The van der Waals surface area contributed by atoms with E-state index in [1.54, 1.807) is 17.5 Å². The van der Waals surface area contributed by atoms with Crippen LogP contribution >= 0.6 is 11.3 Å². The van der Waals surface area contributed by atoms with Crippen molar-refractivity contribution in [2.24, 2.45) is 0 Å². The Morgan fingerprint density at radius 3 is 3.15 bits per heavy atom. The van der Waals surface area contributed by atoms with Gasteiger partial charge in [-0.25, -0.2) is 0 Å². The van der Waals surface area contributed by atoms with Gasteiger partial charge in [0.2, 0.25) is 11.7 Å². The first kappa shape index (κ1) is 13.0. The van der Waals surface area contributed by atoms with Crippen LogP contribution in [0.2, 0.25) is 0 Å². The maximum absolute atomic E-state index is 5.30. The molecule has 3 rings (SSSR count). The first-order valence-corrected chi connectivity index (χ1v) is 7.29. The lowest BCUT2D eigenvalue weighted by Gasteiger charge is -2.09. The second-order valence-corrected chi connectivity index (χ2v) is 5.33. The van der Waals surface area contributed by atoms with Crippen LogP contribution < -0.4 is 5.32 Å². The highest BCUT2D eigenvalue weighted by molar-refractivity contribution is 7.13. The number of aromatic nitrogens is 4. The molecule has 1 N–H and O–H groups in total. The van der Waals surface area contributed by atoms with Gasteiger partial charge in [0.25, 0.3) is 0 Å². The Hall–Kier alpha value is -1.99. The van der Waals surface area contributed by atoms with Crippen LogP contribution in [0, 0.1) is 0 Å². The molecule has 0 amide bonds. The fourth-order valence-electron chi connectivity index (χ4n) is 1.83. The summed E-state index contributed by atoms with van der Waals surface area (Å²) in [5.74, 6) is 1.25. The second-order valence-electron chi connectivity index (χ2n) is 4.38. The topological polar surface area (TPSA) is 68.8 Å². The van der Waals surface area contributed by atoms with Crippen molar-refractivity contribution in [1.29, 1.82) is 0 Å². The predicted molar refractivity (Wildman–Crippen MR) is 76.3 cm³/mol. The van der Waals surface area contributed by atoms with Gasteiger partial charge in [-0.2, -0.15) is 10.1 Å². The Labute approximate surface area is 120 Å². The Morgan fingerprint density at radius 1 is 1.45 bits per heavy atom. The monoisotopic (exact) mass is 289 g/mol. The Morgan fingerprint density at radius 2 is 2.40 bits per heavy atom. The summed E-state index contributed by atoms with van der Waals surface area (Å²) in [4.78, 5) is 5.43. The highest BCUT2D eigenvalue weighted by Gasteiger charge is 2.15. The number of nitrogens with one attached hydrogen (secondary N) is 1. The molecule has 0 radical (unpaired) electrons. The standard InChI is InChI=1S/C13H15N5OS/c1-10(14-6-8-18-7-3-5-15-18)13-16-12(17-19-13)11-4-2-9-20-11/h2-5,7,9-10,14H,6,8H2,1H3/t10-/m1/s1. The minimum absolute atomic E-state index is 0.0202. The molecule has 0 aliphatic rings. The second kappa shape index (κ2) is 5.98. The van der Waals surface area contributed by atoms with Crippen molar-refractivity contribution in [3.8, 4) is 10.7 Å². The van der Waals surface area contributed by atoms with E-state index in [1.165, 1.54) is 0 Å². The molecular formula is C13H15N5OS. The fraction of sp³-hybridized carbons (Fsp3) is 0.308. The molecule has 0 fully saturated rings. The van der Waals surface area contributed by atoms with Gasteiger partial charge in [-0.15, -0.1) is 11.3 Å². The molecule has 0 spiro atoms. The highest BCUT2D eigenvalue weighted by Crippen LogP contribution is 2.22. The number of thiophene rings is 1. The minimum Gasteiger partial charge on any atom is -0.337 e. The van der Waals surface area contributed by atoms with Crippen molar-refractivity contribution in [2.45, 2.75) is 19.5 Å². The molecule has 20 heavy (non-hydrogen) atoms. The van der Waals surface area contributed by atoms with Gasteiger partial charge in [0, 0.05) is 18.9 Å². The van der Waals surface area contributed by atoms with Gasteiger partial charge in [0.15, 0.2) is 0 Å². The minimum atomic E-state index is 0.0202. The zero-order valence-electron chi connectivity index (χ0n) is 11.1. The predicted octanol–water partition coefficient (Wildman–Crippen LogP) is 2.35. The zero-order chi connectivity index (χ0) is 13.8. The third-order valence-corrected chi connectivity index (χ3v) is 3.77. The normalized spacial score (nSPS) is 12.7. The van der Waals surface area contributed by atoms with Crippen molar-refractivity contribution >= 4 is 11.3 Å². The molecular weight excluding hydrogens is 274 g/mol. The molecule has 3 aromatic rings. The van der Waals surface area contributed by atoms with Gasteiger partial charge in [0.05, 0.1) is 17.5 Å². The lowest BCUT2D eigenvalue weighted by atomic mass is 10.3. The molecule has 7 heteroatoms. The largest absolute Gasteiger partial charge is 0.337 e. The quantitative estimate of drug-likeness (QED) is 0.754. The molecule has 3 heterocycles. The van der Waals surface area contributed by atoms with Gasteiger partial charge in [-0.05, 0) is 24.4 Å². The summed E-state index contributed by atoms with van der Waals surface area (Å²) in [7, 11) is 0. The van der Waals surface area contributed by atoms with Crippen molar-refractivity contribution in [2.75, 3.05) is 6.54 Å². The lowest BCUT2D eigenvalue weighted by Crippen LogP contribution is -2.23. The Bertz CT molecular complexity index is 632. The van der Waals surface area contributed by atoms with Crippen LogP contribution in [-0.2, 0) is 6.54 Å². The van der Waals surface area contributed by atoms with E-state index in [2.05, 4.69) is 20.6 Å². The van der Waals surface area contributed by atoms with Crippen LogP contribution in [0.5, 0.6) is 0 Å². The third-order valence-electron chi connectivity index (χ3n) is 2.90. The van der Waals surface area contributed by atoms with E-state index in [0.717, 1.165) is 18.0 Å². The molecule has 6 nitrogen and oxygen atoms in total. The average Bonchev–Trinajstić information content (AvgIpc) is 3.20. The van der Waals surface area contributed by atoms with E-state index >= 15 is 0 Å². The van der Waals surface area contributed by atoms with Crippen molar-refractivity contribution in [1.82, 2.24) is 25.2 Å². The summed E-state index contributed by atoms with van der Waals surface area (Å²) < 4.78 is 7.18. The van der Waals surface area contributed by atoms with Gasteiger partial charge in [-0.3, -0.25) is 4.68 Å². The summed E-state index contributed by atoms with van der Waals surface area (Å²) in [6, 6.07) is 5.89. The van der Waals surface area contributed by atoms with Crippen LogP contribution in [0.3, 0.4) is 0 Å². The van der Waals surface area contributed by atoms with Crippen molar-refractivity contribution < 1.29 is 4.52 Å². The lowest BCUT2D eigenvalue weighted by molar-refractivity contribution is 0.336. The zero-order valence-corrected chi connectivity index (χ0v) is 11.9. The van der Waals surface area contributed by atoms with E-state index in [9.17, 15) is 0 Å². The van der Waals surface area contributed by atoms with Crippen molar-refractivity contribution in [3.05, 3.63) is 41.9 Å². The first-order chi connectivity index (χ1) is 9.83. The molecule has 0 aromatic carbocycles. The summed E-state index contributed by atoms with van der Waals surface area (Å²) in [6.45, 7) is 3.61. The molecule has 104 valence electrons. The van der Waals surface area contributed by atoms with Gasteiger partial charge >= 0.3 is 0 Å². The maximum Gasteiger partial charge on any atom is 0.243 e. The van der Waals surface area contributed by atoms with Crippen molar-refractivity contribution in [3.63, 3.8) is 0 Å². The van der Waals surface area contributed by atoms with Crippen LogP contribution in [0.15, 0.2) is 40.5 Å². The average molecular weight is 289 g/mol. The van der Waals surface area contributed by atoms with E-state index in [1.807, 2.05) is 41.4 Å². The van der Waals surface area contributed by atoms with Crippen LogP contribution in [0.25, 0.3) is 10.7 Å². The smallest absolute Gasteiger partial charge is 0.243 e. The van der Waals surface area contributed by atoms with E-state index in [-0.39, 0.29) is 6.04 Å². The molecule has 0 saturated carbocycles. The van der Waals surface area contributed by atoms with Gasteiger partial charge in [0.1, 0.15) is 0 Å². The number of hydrogen-bond acceptors (Lipinski definition) is 6. The maximum atomic E-state index is 5.30. The van der Waals surface area contributed by atoms with E-state index < -0.39 is 0 Å².